The molecule has 0 heterocycles. The molecule has 1 amide bonds. The smallest absolute Gasteiger partial charge is 0.407 e. The number of carbonyl (C=O) groups excluding carboxylic acids is 1. The summed E-state index contributed by atoms with van der Waals surface area (Å²) in [5.74, 6) is 1.88. The zero-order chi connectivity index (χ0) is 19.6. The van der Waals surface area contributed by atoms with E-state index in [-0.39, 0.29) is 24.0 Å². The third kappa shape index (κ3) is 10.1. The van der Waals surface area contributed by atoms with Crippen molar-refractivity contribution in [2.75, 3.05) is 39.2 Å². The second-order valence-corrected chi connectivity index (χ2v) is 6.38. The average molecular weight is 494 g/mol. The maximum Gasteiger partial charge on any atom is 0.407 e. The van der Waals surface area contributed by atoms with Crippen molar-refractivity contribution in [1.29, 1.82) is 0 Å². The van der Waals surface area contributed by atoms with E-state index in [1.165, 1.54) is 0 Å². The first kappa shape index (κ1) is 25.1. The second kappa shape index (κ2) is 12.5. The van der Waals surface area contributed by atoms with Crippen LogP contribution in [-0.4, -0.2) is 51.5 Å². The van der Waals surface area contributed by atoms with E-state index in [0.29, 0.717) is 37.1 Å². The normalized spacial score (nSPS) is 11.1. The minimum absolute atomic E-state index is 0. The minimum atomic E-state index is -0.517. The third-order valence-corrected chi connectivity index (χ3v) is 3.04. The highest BCUT2D eigenvalue weighted by atomic mass is 127. The van der Waals surface area contributed by atoms with Gasteiger partial charge in [0.2, 0.25) is 0 Å². The summed E-state index contributed by atoms with van der Waals surface area (Å²) in [6.45, 7) is 8.92. The molecule has 0 fully saturated rings. The number of nitrogens with zero attached hydrogens (tertiary/aromatic N) is 1. The number of methoxy groups -OCH3 is 2. The number of alkyl carbamates (subject to hydrolysis) is 1. The lowest BCUT2D eigenvalue weighted by molar-refractivity contribution is 0.0529. The van der Waals surface area contributed by atoms with Crippen molar-refractivity contribution in [1.82, 2.24) is 10.6 Å². The van der Waals surface area contributed by atoms with Crippen LogP contribution in [0.2, 0.25) is 0 Å². The summed E-state index contributed by atoms with van der Waals surface area (Å²) < 4.78 is 15.7. The Bertz CT molecular complexity index is 618. The molecule has 0 atom stereocenters. The van der Waals surface area contributed by atoms with E-state index < -0.39 is 11.7 Å². The SMILES string of the molecule is CCNC(=NCCNC(=O)OC(C)(C)C)Nc1ccc(OC)c(OC)c1.I. The molecule has 0 saturated carbocycles. The van der Waals surface area contributed by atoms with Gasteiger partial charge in [-0.1, -0.05) is 0 Å². The van der Waals surface area contributed by atoms with Crippen molar-refractivity contribution in [3.63, 3.8) is 0 Å². The maximum absolute atomic E-state index is 11.6. The molecule has 0 aliphatic heterocycles. The van der Waals surface area contributed by atoms with Gasteiger partial charge in [0.1, 0.15) is 5.60 Å². The van der Waals surface area contributed by atoms with E-state index in [1.807, 2.05) is 45.9 Å². The predicted molar refractivity (Wildman–Crippen MR) is 119 cm³/mol. The number of ether oxygens (including phenoxy) is 3. The van der Waals surface area contributed by atoms with E-state index in [0.717, 1.165) is 5.69 Å². The lowest BCUT2D eigenvalue weighted by Gasteiger charge is -2.19. The number of hydrogen-bond acceptors (Lipinski definition) is 5. The number of halogens is 1. The fourth-order valence-corrected chi connectivity index (χ4v) is 2.00. The summed E-state index contributed by atoms with van der Waals surface area (Å²) in [5, 5.41) is 9.01. The summed E-state index contributed by atoms with van der Waals surface area (Å²) >= 11 is 0. The van der Waals surface area contributed by atoms with E-state index >= 15 is 0 Å². The van der Waals surface area contributed by atoms with E-state index in [4.69, 9.17) is 14.2 Å². The topological polar surface area (TPSA) is 93.2 Å². The van der Waals surface area contributed by atoms with Crippen LogP contribution in [-0.2, 0) is 4.74 Å². The van der Waals surface area contributed by atoms with Gasteiger partial charge in [0.15, 0.2) is 17.5 Å². The number of carbonyl (C=O) groups is 1. The van der Waals surface area contributed by atoms with Crippen LogP contribution in [0, 0.1) is 0 Å². The Morgan fingerprint density at radius 3 is 2.33 bits per heavy atom. The Labute approximate surface area is 178 Å². The molecule has 9 heteroatoms. The van der Waals surface area contributed by atoms with Gasteiger partial charge >= 0.3 is 6.09 Å². The molecule has 154 valence electrons. The number of benzene rings is 1. The van der Waals surface area contributed by atoms with Gasteiger partial charge in [-0.05, 0) is 39.8 Å². The zero-order valence-electron chi connectivity index (χ0n) is 16.8. The molecule has 0 bridgehead atoms. The van der Waals surface area contributed by atoms with Gasteiger partial charge in [0.05, 0.1) is 20.8 Å². The highest BCUT2D eigenvalue weighted by molar-refractivity contribution is 14.0. The summed E-state index contributed by atoms with van der Waals surface area (Å²) in [6, 6.07) is 5.51. The molecule has 8 nitrogen and oxygen atoms in total. The Hall–Kier alpha value is -1.91. The van der Waals surface area contributed by atoms with Crippen molar-refractivity contribution < 1.29 is 19.0 Å². The zero-order valence-corrected chi connectivity index (χ0v) is 19.2. The summed E-state index contributed by atoms with van der Waals surface area (Å²) in [6.07, 6.45) is -0.453. The quantitative estimate of drug-likeness (QED) is 0.233. The van der Waals surface area contributed by atoms with Crippen molar-refractivity contribution >= 4 is 41.7 Å². The lowest BCUT2D eigenvalue weighted by atomic mass is 10.2. The summed E-state index contributed by atoms with van der Waals surface area (Å²) in [4.78, 5) is 16.0. The maximum atomic E-state index is 11.6. The van der Waals surface area contributed by atoms with Crippen LogP contribution in [0.1, 0.15) is 27.7 Å². The van der Waals surface area contributed by atoms with Crippen LogP contribution in [0.5, 0.6) is 11.5 Å². The highest BCUT2D eigenvalue weighted by Crippen LogP contribution is 2.29. The van der Waals surface area contributed by atoms with Gasteiger partial charge in [-0.15, -0.1) is 24.0 Å². The average Bonchev–Trinajstić information content (AvgIpc) is 2.57. The molecule has 0 aromatic heterocycles. The molecule has 1 rings (SSSR count). The van der Waals surface area contributed by atoms with Gasteiger partial charge in [-0.25, -0.2) is 4.79 Å². The van der Waals surface area contributed by atoms with Gasteiger partial charge < -0.3 is 30.2 Å². The molecular formula is C18H31IN4O4. The predicted octanol–water partition coefficient (Wildman–Crippen LogP) is 3.22. The number of aliphatic imine (C=N–C) groups is 1. The first-order valence-electron chi connectivity index (χ1n) is 8.53. The van der Waals surface area contributed by atoms with Gasteiger partial charge in [0.25, 0.3) is 0 Å². The van der Waals surface area contributed by atoms with Gasteiger partial charge in [-0.2, -0.15) is 0 Å². The van der Waals surface area contributed by atoms with E-state index in [2.05, 4.69) is 20.9 Å². The number of rotatable bonds is 7. The fourth-order valence-electron chi connectivity index (χ4n) is 2.00. The first-order valence-corrected chi connectivity index (χ1v) is 8.53. The molecule has 0 radical (unpaired) electrons. The van der Waals surface area contributed by atoms with Crippen LogP contribution < -0.4 is 25.4 Å². The number of nitrogens with one attached hydrogen (secondary N) is 3. The Morgan fingerprint density at radius 2 is 1.78 bits per heavy atom. The van der Waals surface area contributed by atoms with Crippen LogP contribution in [0.3, 0.4) is 0 Å². The molecule has 1 aromatic carbocycles. The Morgan fingerprint density at radius 1 is 1.11 bits per heavy atom. The molecule has 0 saturated heterocycles. The van der Waals surface area contributed by atoms with Crippen LogP contribution in [0.4, 0.5) is 10.5 Å². The lowest BCUT2D eigenvalue weighted by Crippen LogP contribution is -2.35. The molecule has 0 spiro atoms. The minimum Gasteiger partial charge on any atom is -0.493 e. The van der Waals surface area contributed by atoms with Crippen LogP contribution >= 0.6 is 24.0 Å². The van der Waals surface area contributed by atoms with Crippen LogP contribution in [0.15, 0.2) is 23.2 Å². The number of anilines is 1. The van der Waals surface area contributed by atoms with E-state index in [9.17, 15) is 4.79 Å². The van der Waals surface area contributed by atoms with Crippen molar-refractivity contribution in [2.24, 2.45) is 4.99 Å². The Kier molecular flexibility index (Phi) is 11.6. The van der Waals surface area contributed by atoms with Crippen LogP contribution in [0.25, 0.3) is 0 Å². The summed E-state index contributed by atoms with van der Waals surface area (Å²) in [5.41, 5.74) is 0.291. The van der Waals surface area contributed by atoms with Crippen molar-refractivity contribution in [3.05, 3.63) is 18.2 Å². The second-order valence-electron chi connectivity index (χ2n) is 6.38. The monoisotopic (exact) mass is 494 g/mol. The fraction of sp³-hybridized carbons (Fsp3) is 0.556. The third-order valence-electron chi connectivity index (χ3n) is 3.04. The number of hydrogen-bond donors (Lipinski definition) is 3. The van der Waals surface area contributed by atoms with E-state index in [1.54, 1.807) is 14.2 Å². The number of guanidine groups is 1. The standard InChI is InChI=1S/C18H30N4O4.HI/c1-7-19-16(20-10-11-21-17(23)26-18(2,3)4)22-13-8-9-14(24-5)15(12-13)25-6;/h8-9,12H,7,10-11H2,1-6H3,(H,21,23)(H2,19,20,22);1H. The Balaban J connectivity index is 0.00000676. The van der Waals surface area contributed by atoms with Crippen molar-refractivity contribution in [2.45, 2.75) is 33.3 Å². The van der Waals surface area contributed by atoms with Gasteiger partial charge in [0, 0.05) is 24.8 Å². The first-order chi connectivity index (χ1) is 12.3. The molecular weight excluding hydrogens is 463 g/mol. The molecule has 27 heavy (non-hydrogen) atoms. The molecule has 0 aliphatic rings. The van der Waals surface area contributed by atoms with Gasteiger partial charge in [-0.3, -0.25) is 4.99 Å². The highest BCUT2D eigenvalue weighted by Gasteiger charge is 2.15. The molecule has 0 unspecified atom stereocenters. The van der Waals surface area contributed by atoms with Crippen molar-refractivity contribution in [3.8, 4) is 11.5 Å². The molecule has 3 N–H and O–H groups in total. The summed E-state index contributed by atoms with van der Waals surface area (Å²) in [7, 11) is 3.18. The number of amides is 1. The molecule has 1 aromatic rings. The molecule has 0 aliphatic carbocycles. The largest absolute Gasteiger partial charge is 0.493 e.